The second-order valence-electron chi connectivity index (χ2n) is 8.52. The molecule has 0 aromatic heterocycles. The topological polar surface area (TPSA) is 40.5 Å². The first-order valence-corrected chi connectivity index (χ1v) is 8.81. The van der Waals surface area contributed by atoms with Gasteiger partial charge in [-0.15, -0.1) is 12.4 Å². The second-order valence-corrected chi connectivity index (χ2v) is 8.52. The van der Waals surface area contributed by atoms with Crippen LogP contribution in [0.2, 0.25) is 0 Å². The van der Waals surface area contributed by atoms with E-state index in [0.717, 1.165) is 32.0 Å². The molecule has 0 radical (unpaired) electrons. The predicted octanol–water partition coefficient (Wildman–Crippen LogP) is 4.06. The summed E-state index contributed by atoms with van der Waals surface area (Å²) < 4.78 is 0. The summed E-state index contributed by atoms with van der Waals surface area (Å²) in [5, 5.41) is 9.85. The quantitative estimate of drug-likeness (QED) is 0.845. The van der Waals surface area contributed by atoms with Crippen LogP contribution in [0.3, 0.4) is 0 Å². The van der Waals surface area contributed by atoms with Gasteiger partial charge in [0.15, 0.2) is 0 Å². The Labute approximate surface area is 141 Å². The number of aliphatic carboxylic acids is 1. The highest BCUT2D eigenvalue weighted by Gasteiger charge is 2.63. The van der Waals surface area contributed by atoms with Crippen molar-refractivity contribution in [1.29, 1.82) is 0 Å². The summed E-state index contributed by atoms with van der Waals surface area (Å²) in [6.45, 7) is 10.1. The number of carboxylic acids is 1. The zero-order valence-electron chi connectivity index (χ0n) is 14.3. The average molecular weight is 330 g/mol. The molecule has 3 nitrogen and oxygen atoms in total. The van der Waals surface area contributed by atoms with Gasteiger partial charge in [0, 0.05) is 6.54 Å². The molecule has 2 aliphatic carbocycles. The fraction of sp³-hybridized carbons (Fsp3) is 0.944. The lowest BCUT2D eigenvalue weighted by Gasteiger charge is -2.43. The number of nitrogens with zero attached hydrogens (tertiary/aromatic N) is 1. The fourth-order valence-corrected chi connectivity index (χ4v) is 5.67. The van der Waals surface area contributed by atoms with Crippen LogP contribution in [0.25, 0.3) is 0 Å². The van der Waals surface area contributed by atoms with Crippen molar-refractivity contribution in [3.05, 3.63) is 0 Å². The Hall–Kier alpha value is -0.280. The summed E-state index contributed by atoms with van der Waals surface area (Å²) in [7, 11) is 0. The van der Waals surface area contributed by atoms with Crippen LogP contribution in [0.5, 0.6) is 0 Å². The van der Waals surface area contributed by atoms with Crippen molar-refractivity contribution in [2.75, 3.05) is 19.6 Å². The molecular formula is C18H32ClNO2. The molecule has 4 unspecified atom stereocenters. The van der Waals surface area contributed by atoms with Gasteiger partial charge in [-0.3, -0.25) is 4.79 Å². The summed E-state index contributed by atoms with van der Waals surface area (Å²) in [4.78, 5) is 14.4. The maximum absolute atomic E-state index is 12.0. The molecule has 22 heavy (non-hydrogen) atoms. The van der Waals surface area contributed by atoms with E-state index < -0.39 is 5.97 Å². The Morgan fingerprint density at radius 3 is 2.32 bits per heavy atom. The van der Waals surface area contributed by atoms with E-state index in [4.69, 9.17) is 0 Å². The first-order valence-electron chi connectivity index (χ1n) is 8.81. The third kappa shape index (κ3) is 2.69. The number of fused-ring (bicyclic) bond motifs is 2. The number of carboxylic acid groups (broad SMARTS) is 1. The zero-order valence-corrected chi connectivity index (χ0v) is 15.1. The van der Waals surface area contributed by atoms with Crippen LogP contribution in [-0.2, 0) is 4.79 Å². The molecule has 3 rings (SSSR count). The number of rotatable bonds is 4. The molecule has 3 aliphatic rings. The number of carbonyl (C=O) groups is 1. The van der Waals surface area contributed by atoms with Gasteiger partial charge >= 0.3 is 5.97 Å². The van der Waals surface area contributed by atoms with Crippen molar-refractivity contribution in [2.24, 2.45) is 28.6 Å². The molecule has 1 heterocycles. The number of hydrogen-bond donors (Lipinski definition) is 1. The van der Waals surface area contributed by atoms with E-state index in [-0.39, 0.29) is 23.7 Å². The third-order valence-electron chi connectivity index (χ3n) is 7.57. The molecule has 0 aromatic carbocycles. The Morgan fingerprint density at radius 1 is 1.23 bits per heavy atom. The summed E-state index contributed by atoms with van der Waals surface area (Å²) in [6.07, 6.45) is 7.44. The summed E-state index contributed by atoms with van der Waals surface area (Å²) in [5.41, 5.74) is 0.532. The molecular weight excluding hydrogens is 298 g/mol. The lowest BCUT2D eigenvalue weighted by atomic mass is 9.63. The highest BCUT2D eigenvalue weighted by Crippen LogP contribution is 2.69. The van der Waals surface area contributed by atoms with Gasteiger partial charge in [-0.2, -0.15) is 0 Å². The number of piperidine rings is 1. The van der Waals surface area contributed by atoms with Crippen molar-refractivity contribution in [3.63, 3.8) is 0 Å². The lowest BCUT2D eigenvalue weighted by Crippen LogP contribution is -2.45. The maximum Gasteiger partial charge on any atom is 0.308 e. The van der Waals surface area contributed by atoms with E-state index in [1.54, 1.807) is 0 Å². The molecule has 0 amide bonds. The van der Waals surface area contributed by atoms with Crippen LogP contribution >= 0.6 is 12.4 Å². The Balaban J connectivity index is 0.00000176. The smallest absolute Gasteiger partial charge is 0.308 e. The van der Waals surface area contributed by atoms with Crippen molar-refractivity contribution < 1.29 is 9.90 Å². The molecule has 0 aromatic rings. The summed E-state index contributed by atoms with van der Waals surface area (Å²) in [5.74, 6) is 0.370. The highest BCUT2D eigenvalue weighted by molar-refractivity contribution is 5.85. The molecule has 2 bridgehead atoms. The molecule has 1 saturated heterocycles. The van der Waals surface area contributed by atoms with Gasteiger partial charge < -0.3 is 10.0 Å². The van der Waals surface area contributed by atoms with Gasteiger partial charge in [0.25, 0.3) is 0 Å². The van der Waals surface area contributed by atoms with Gasteiger partial charge in [-0.25, -0.2) is 0 Å². The molecule has 128 valence electrons. The number of hydrogen-bond acceptors (Lipinski definition) is 2. The highest BCUT2D eigenvalue weighted by atomic mass is 35.5. The van der Waals surface area contributed by atoms with Crippen LogP contribution in [0.15, 0.2) is 0 Å². The lowest BCUT2D eigenvalue weighted by molar-refractivity contribution is -0.147. The van der Waals surface area contributed by atoms with Gasteiger partial charge in [-0.1, -0.05) is 27.2 Å². The third-order valence-corrected chi connectivity index (χ3v) is 7.57. The van der Waals surface area contributed by atoms with Gasteiger partial charge in [0.05, 0.1) is 5.92 Å². The SMILES string of the molecule is CC1(C)C2CCC1(C)C(C(CN1CCCCC1)C(=O)O)C2.Cl. The first kappa shape index (κ1) is 18.1. The fourth-order valence-electron chi connectivity index (χ4n) is 5.67. The van der Waals surface area contributed by atoms with E-state index in [0.29, 0.717) is 11.3 Å². The van der Waals surface area contributed by atoms with E-state index in [2.05, 4.69) is 25.7 Å². The molecule has 4 heteroatoms. The summed E-state index contributed by atoms with van der Waals surface area (Å²) in [6, 6.07) is 0. The predicted molar refractivity (Wildman–Crippen MR) is 91.4 cm³/mol. The normalized spacial score (nSPS) is 38.5. The maximum atomic E-state index is 12.0. The summed E-state index contributed by atoms with van der Waals surface area (Å²) >= 11 is 0. The van der Waals surface area contributed by atoms with E-state index in [1.807, 2.05) is 0 Å². The average Bonchev–Trinajstić information content (AvgIpc) is 2.78. The Kier molecular flexibility index (Phi) is 5.19. The number of halogens is 1. The van der Waals surface area contributed by atoms with Crippen molar-refractivity contribution in [2.45, 2.75) is 59.3 Å². The first-order chi connectivity index (χ1) is 9.86. The second kappa shape index (κ2) is 6.32. The van der Waals surface area contributed by atoms with Crippen molar-refractivity contribution >= 4 is 18.4 Å². The van der Waals surface area contributed by atoms with Crippen LogP contribution in [0.4, 0.5) is 0 Å². The van der Waals surface area contributed by atoms with Gasteiger partial charge in [0.2, 0.25) is 0 Å². The largest absolute Gasteiger partial charge is 0.481 e. The van der Waals surface area contributed by atoms with Crippen LogP contribution < -0.4 is 0 Å². The Bertz CT molecular complexity index is 419. The molecule has 0 spiro atoms. The number of likely N-dealkylation sites (tertiary alicyclic amines) is 1. The van der Waals surface area contributed by atoms with Gasteiger partial charge in [0.1, 0.15) is 0 Å². The van der Waals surface area contributed by atoms with Crippen molar-refractivity contribution in [3.8, 4) is 0 Å². The van der Waals surface area contributed by atoms with E-state index in [9.17, 15) is 9.90 Å². The minimum absolute atomic E-state index is 0. The van der Waals surface area contributed by atoms with Crippen LogP contribution in [-0.4, -0.2) is 35.6 Å². The van der Waals surface area contributed by atoms with E-state index in [1.165, 1.54) is 32.1 Å². The van der Waals surface area contributed by atoms with Crippen molar-refractivity contribution in [1.82, 2.24) is 4.90 Å². The van der Waals surface area contributed by atoms with Crippen LogP contribution in [0.1, 0.15) is 59.3 Å². The monoisotopic (exact) mass is 329 g/mol. The minimum Gasteiger partial charge on any atom is -0.481 e. The Morgan fingerprint density at radius 2 is 1.86 bits per heavy atom. The standard InChI is InChI=1S/C18H31NO2.ClH/c1-17(2)13-7-8-18(17,3)15(11-13)14(16(20)21)12-19-9-5-4-6-10-19;/h13-15H,4-12H2,1-3H3,(H,20,21);1H. The molecule has 2 saturated carbocycles. The zero-order chi connectivity index (χ0) is 15.3. The molecule has 1 N–H and O–H groups in total. The molecule has 3 fully saturated rings. The van der Waals surface area contributed by atoms with Crippen LogP contribution in [0, 0.1) is 28.6 Å². The van der Waals surface area contributed by atoms with Gasteiger partial charge in [-0.05, 0) is 67.9 Å². The molecule has 4 atom stereocenters. The minimum atomic E-state index is -0.560. The molecule has 1 aliphatic heterocycles. The van der Waals surface area contributed by atoms with E-state index >= 15 is 0 Å².